The Kier molecular flexibility index (Phi) is 10.5. The van der Waals surface area contributed by atoms with E-state index >= 15 is 0 Å². The number of carbonyl (C=O) groups is 1. The summed E-state index contributed by atoms with van der Waals surface area (Å²) in [5, 5.41) is 0. The molecule has 2 aromatic carbocycles. The number of carbonyl (C=O) groups excluding carboxylic acids is 1. The Labute approximate surface area is 288 Å². The standard InChI is InChI=1S/C36H47FN6O5S/c1-5-43(25(2)3)35(44)31-18-27(37)9-12-32(31)48-33-19-38-24-39-34(33)42-22-36(23-42)13-15-41(16-14-36)20-29-11-10-28(21-47-29)40-49(45,46)30-8-6-7-26(4)17-30/h6-9,12,17-19,24-25,28-29,40H,5,10-11,13-16,20-23H2,1-4H3/t28-,29+/m1/s1. The van der Waals surface area contributed by atoms with Gasteiger partial charge in [0.05, 0.1) is 29.4 Å². The van der Waals surface area contributed by atoms with Crippen LogP contribution in [0.15, 0.2) is 59.9 Å². The van der Waals surface area contributed by atoms with Crippen molar-refractivity contribution in [2.24, 2.45) is 5.41 Å². The Hall–Kier alpha value is -3.65. The van der Waals surface area contributed by atoms with Gasteiger partial charge in [-0.15, -0.1) is 0 Å². The van der Waals surface area contributed by atoms with Gasteiger partial charge in [-0.3, -0.25) is 4.79 Å². The third-order valence-electron chi connectivity index (χ3n) is 10.00. The fourth-order valence-electron chi connectivity index (χ4n) is 7.23. The number of ether oxygens (including phenoxy) is 2. The van der Waals surface area contributed by atoms with Crippen LogP contribution >= 0.6 is 0 Å². The number of nitrogens with zero attached hydrogens (tertiary/aromatic N) is 5. The molecule has 3 fully saturated rings. The van der Waals surface area contributed by atoms with Gasteiger partial charge in [-0.05, 0) is 102 Å². The molecule has 1 N–H and O–H groups in total. The van der Waals surface area contributed by atoms with Gasteiger partial charge in [-0.2, -0.15) is 0 Å². The first-order valence-electron chi connectivity index (χ1n) is 17.2. The molecular formula is C36H47FN6O5S. The Morgan fingerprint density at radius 2 is 1.92 bits per heavy atom. The highest BCUT2D eigenvalue weighted by Crippen LogP contribution is 2.45. The number of rotatable bonds is 11. The summed E-state index contributed by atoms with van der Waals surface area (Å²) in [7, 11) is -3.58. The van der Waals surface area contributed by atoms with Crippen molar-refractivity contribution in [3.05, 3.63) is 71.9 Å². The molecule has 0 saturated carbocycles. The van der Waals surface area contributed by atoms with E-state index in [1.165, 1.54) is 24.5 Å². The summed E-state index contributed by atoms with van der Waals surface area (Å²) >= 11 is 0. The number of anilines is 1. The lowest BCUT2D eigenvalue weighted by Gasteiger charge is -2.54. The minimum Gasteiger partial charge on any atom is -0.451 e. The second kappa shape index (κ2) is 14.7. The molecule has 0 radical (unpaired) electrons. The molecule has 11 nitrogen and oxygen atoms in total. The Bertz CT molecular complexity index is 1730. The van der Waals surface area contributed by atoms with Crippen molar-refractivity contribution < 1.29 is 27.1 Å². The zero-order chi connectivity index (χ0) is 34.8. The molecule has 1 spiro atoms. The largest absolute Gasteiger partial charge is 0.451 e. The molecule has 0 aliphatic carbocycles. The maximum Gasteiger partial charge on any atom is 0.257 e. The molecular weight excluding hydrogens is 647 g/mol. The van der Waals surface area contributed by atoms with Gasteiger partial charge in [0, 0.05) is 43.7 Å². The summed E-state index contributed by atoms with van der Waals surface area (Å²) in [5.41, 5.74) is 1.25. The predicted molar refractivity (Wildman–Crippen MR) is 185 cm³/mol. The normalized spacial score (nSPS) is 21.1. The van der Waals surface area contributed by atoms with Crippen molar-refractivity contribution in [3.63, 3.8) is 0 Å². The first kappa shape index (κ1) is 35.2. The first-order chi connectivity index (χ1) is 23.4. The van der Waals surface area contributed by atoms with Crippen LogP contribution in [0, 0.1) is 18.2 Å². The number of benzene rings is 2. The van der Waals surface area contributed by atoms with Crippen LogP contribution in [0.1, 0.15) is 62.4 Å². The van der Waals surface area contributed by atoms with Crippen molar-refractivity contribution >= 4 is 21.7 Å². The van der Waals surface area contributed by atoms with Gasteiger partial charge < -0.3 is 24.2 Å². The topological polar surface area (TPSA) is 117 Å². The number of aryl methyl sites for hydroxylation is 1. The summed E-state index contributed by atoms with van der Waals surface area (Å²) in [6, 6.07) is 10.7. The van der Waals surface area contributed by atoms with Crippen LogP contribution in [0.2, 0.25) is 0 Å². The number of nitrogens with one attached hydrogen (secondary N) is 1. The number of halogens is 1. The number of hydrogen-bond acceptors (Lipinski definition) is 9. The Balaban J connectivity index is 0.999. The van der Waals surface area contributed by atoms with Crippen LogP contribution in [0.3, 0.4) is 0 Å². The molecule has 6 rings (SSSR count). The van der Waals surface area contributed by atoms with E-state index in [1.807, 2.05) is 33.8 Å². The van der Waals surface area contributed by atoms with Crippen molar-refractivity contribution in [2.45, 2.75) is 76.5 Å². The molecule has 4 heterocycles. The van der Waals surface area contributed by atoms with Gasteiger partial charge in [-0.25, -0.2) is 27.5 Å². The second-order valence-electron chi connectivity index (χ2n) is 14.0. The first-order valence-corrected chi connectivity index (χ1v) is 18.7. The number of likely N-dealkylation sites (tertiary alicyclic amines) is 1. The van der Waals surface area contributed by atoms with E-state index in [9.17, 15) is 17.6 Å². The molecule has 1 amide bonds. The molecule has 1 aromatic heterocycles. The molecule has 13 heteroatoms. The van der Waals surface area contributed by atoms with Gasteiger partial charge in [-0.1, -0.05) is 12.1 Å². The van der Waals surface area contributed by atoms with Crippen molar-refractivity contribution in [1.82, 2.24) is 24.5 Å². The molecule has 2 atom stereocenters. The van der Waals surface area contributed by atoms with E-state index in [4.69, 9.17) is 9.47 Å². The SMILES string of the molecule is CCN(C(=O)c1cc(F)ccc1Oc1cncnc1N1CC2(CCN(C[C@@H]3CC[C@@H](NS(=O)(=O)c4cccc(C)c4)CO3)CC2)C1)C(C)C. The van der Waals surface area contributed by atoms with Crippen molar-refractivity contribution in [2.75, 3.05) is 50.8 Å². The highest BCUT2D eigenvalue weighted by molar-refractivity contribution is 7.89. The van der Waals surface area contributed by atoms with Crippen LogP contribution in [0.4, 0.5) is 10.2 Å². The van der Waals surface area contributed by atoms with E-state index in [-0.39, 0.29) is 45.7 Å². The lowest BCUT2D eigenvalue weighted by atomic mass is 9.72. The minimum atomic E-state index is -3.58. The maximum atomic E-state index is 14.3. The molecule has 3 aliphatic rings. The zero-order valence-corrected chi connectivity index (χ0v) is 29.6. The van der Waals surface area contributed by atoms with Gasteiger partial charge in [0.25, 0.3) is 5.91 Å². The van der Waals surface area contributed by atoms with Gasteiger partial charge in [0.2, 0.25) is 10.0 Å². The molecule has 0 bridgehead atoms. The summed E-state index contributed by atoms with van der Waals surface area (Å²) in [6.45, 7) is 12.9. The maximum absolute atomic E-state index is 14.3. The van der Waals surface area contributed by atoms with Crippen molar-refractivity contribution in [1.29, 1.82) is 0 Å². The third kappa shape index (κ3) is 8.06. The van der Waals surface area contributed by atoms with Crippen molar-refractivity contribution in [3.8, 4) is 11.5 Å². The number of amides is 1. The lowest BCUT2D eigenvalue weighted by Crippen LogP contribution is -2.61. The number of hydrogen-bond donors (Lipinski definition) is 1. The van der Waals surface area contributed by atoms with Gasteiger partial charge >= 0.3 is 0 Å². The summed E-state index contributed by atoms with van der Waals surface area (Å²) in [6.07, 6.45) is 6.82. The number of piperidine rings is 1. The number of aromatic nitrogens is 2. The van der Waals surface area contributed by atoms with E-state index in [2.05, 4.69) is 24.5 Å². The van der Waals surface area contributed by atoms with Crippen LogP contribution in [0.25, 0.3) is 0 Å². The molecule has 3 saturated heterocycles. The average molecular weight is 695 g/mol. The van der Waals surface area contributed by atoms with Crippen LogP contribution in [-0.4, -0.2) is 98.2 Å². The van der Waals surface area contributed by atoms with Gasteiger partial charge in [0.15, 0.2) is 11.6 Å². The predicted octanol–water partition coefficient (Wildman–Crippen LogP) is 5.02. The minimum absolute atomic E-state index is 0.0476. The molecule has 3 aromatic rings. The smallest absolute Gasteiger partial charge is 0.257 e. The lowest BCUT2D eigenvalue weighted by molar-refractivity contribution is -0.0299. The molecule has 49 heavy (non-hydrogen) atoms. The summed E-state index contributed by atoms with van der Waals surface area (Å²) in [4.78, 5) is 28.7. The zero-order valence-electron chi connectivity index (χ0n) is 28.8. The quantitative estimate of drug-likeness (QED) is 0.296. The Morgan fingerprint density at radius 3 is 2.59 bits per heavy atom. The van der Waals surface area contributed by atoms with E-state index in [0.29, 0.717) is 24.7 Å². The molecule has 264 valence electrons. The van der Waals surface area contributed by atoms with E-state index in [0.717, 1.165) is 64.0 Å². The second-order valence-corrected chi connectivity index (χ2v) is 15.7. The van der Waals surface area contributed by atoms with E-state index < -0.39 is 15.8 Å². The fourth-order valence-corrected chi connectivity index (χ4v) is 8.59. The van der Waals surface area contributed by atoms with Crippen LogP contribution in [-0.2, 0) is 14.8 Å². The third-order valence-corrected chi connectivity index (χ3v) is 11.5. The highest BCUT2D eigenvalue weighted by Gasteiger charge is 2.46. The average Bonchev–Trinajstić information content (AvgIpc) is 3.06. The monoisotopic (exact) mass is 694 g/mol. The fraction of sp³-hybridized carbons (Fsp3) is 0.528. The molecule has 0 unspecified atom stereocenters. The van der Waals surface area contributed by atoms with Crippen LogP contribution < -0.4 is 14.4 Å². The summed E-state index contributed by atoms with van der Waals surface area (Å²) < 4.78 is 55.2. The number of sulfonamides is 1. The summed E-state index contributed by atoms with van der Waals surface area (Å²) in [5.74, 6) is 0.560. The van der Waals surface area contributed by atoms with Gasteiger partial charge in [0.1, 0.15) is 17.9 Å². The van der Waals surface area contributed by atoms with E-state index in [1.54, 1.807) is 29.3 Å². The highest BCUT2D eigenvalue weighted by atomic mass is 32.2. The Morgan fingerprint density at radius 1 is 1.14 bits per heavy atom. The van der Waals surface area contributed by atoms with Crippen LogP contribution in [0.5, 0.6) is 11.5 Å². The molecule has 3 aliphatic heterocycles.